The molecule has 0 bridgehead atoms. The van der Waals surface area contributed by atoms with Crippen LogP contribution in [0.25, 0.3) is 11.3 Å². The van der Waals surface area contributed by atoms with Crippen molar-refractivity contribution >= 4 is 12.1 Å². The average molecular weight is 482 g/mol. The summed E-state index contributed by atoms with van der Waals surface area (Å²) in [6, 6.07) is 10.3. The molecule has 186 valence electrons. The van der Waals surface area contributed by atoms with E-state index in [0.717, 1.165) is 11.4 Å². The van der Waals surface area contributed by atoms with Gasteiger partial charge in [-0.1, -0.05) is 12.1 Å². The fraction of sp³-hybridized carbons (Fsp3) is 0.423. The van der Waals surface area contributed by atoms with Crippen LogP contribution in [0, 0.1) is 5.82 Å². The summed E-state index contributed by atoms with van der Waals surface area (Å²) in [7, 11) is 1.86. The van der Waals surface area contributed by atoms with Gasteiger partial charge in [-0.05, 0) is 45.0 Å². The Kier molecular flexibility index (Phi) is 7.47. The summed E-state index contributed by atoms with van der Waals surface area (Å²) in [5, 5.41) is 1.29. The Morgan fingerprint density at radius 1 is 1.20 bits per heavy atom. The number of anilines is 1. The predicted octanol–water partition coefficient (Wildman–Crippen LogP) is 3.93. The molecule has 0 N–H and O–H groups in total. The fourth-order valence-corrected chi connectivity index (χ4v) is 4.22. The zero-order valence-electron chi connectivity index (χ0n) is 20.6. The van der Waals surface area contributed by atoms with Crippen LogP contribution in [0.3, 0.4) is 0 Å². The van der Waals surface area contributed by atoms with E-state index in [1.54, 1.807) is 18.5 Å². The molecule has 0 unspecified atom stereocenters. The Hall–Kier alpha value is -3.30. The van der Waals surface area contributed by atoms with Gasteiger partial charge in [0, 0.05) is 44.0 Å². The van der Waals surface area contributed by atoms with Crippen LogP contribution < -0.4 is 4.90 Å². The maximum atomic E-state index is 15.1. The normalized spacial score (nSPS) is 15.2. The molecule has 1 aliphatic rings. The molecule has 1 fully saturated rings. The lowest BCUT2D eigenvalue weighted by molar-refractivity contribution is -0.235. The predicted molar refractivity (Wildman–Crippen MR) is 131 cm³/mol. The number of benzene rings is 1. The van der Waals surface area contributed by atoms with Gasteiger partial charge in [-0.25, -0.2) is 14.4 Å². The summed E-state index contributed by atoms with van der Waals surface area (Å²) < 4.78 is 22.3. The van der Waals surface area contributed by atoms with Gasteiger partial charge >= 0.3 is 0 Å². The van der Waals surface area contributed by atoms with Crippen molar-refractivity contribution in [3.63, 3.8) is 0 Å². The van der Waals surface area contributed by atoms with Gasteiger partial charge in [-0.2, -0.15) is 0 Å². The van der Waals surface area contributed by atoms with Crippen LogP contribution in [0.15, 0.2) is 48.8 Å². The highest BCUT2D eigenvalue weighted by molar-refractivity contribution is 5.64. The molecule has 0 radical (unpaired) electrons. The Balaban J connectivity index is 1.67. The van der Waals surface area contributed by atoms with Crippen molar-refractivity contribution in [1.29, 1.82) is 0 Å². The van der Waals surface area contributed by atoms with E-state index in [1.165, 1.54) is 11.1 Å². The number of imidazole rings is 1. The SMILES string of the molecule is Cn1c(-c2ccc(N3CCOCC3)c(F)c2)cnc1[C@H](Cc1ccccn1)N(C=O)OC(C)(C)C. The molecule has 4 rings (SSSR count). The number of hydrogen-bond donors (Lipinski definition) is 0. The number of pyridine rings is 1. The number of morpholine rings is 1. The highest BCUT2D eigenvalue weighted by Crippen LogP contribution is 2.31. The first kappa shape index (κ1) is 24.8. The average Bonchev–Trinajstić information content (AvgIpc) is 3.22. The van der Waals surface area contributed by atoms with Gasteiger partial charge in [-0.3, -0.25) is 14.6 Å². The van der Waals surface area contributed by atoms with E-state index in [-0.39, 0.29) is 5.82 Å². The number of halogens is 1. The Labute approximate surface area is 205 Å². The van der Waals surface area contributed by atoms with Crippen LogP contribution >= 0.6 is 0 Å². The molecule has 1 atom stereocenters. The second kappa shape index (κ2) is 10.5. The molecule has 1 amide bonds. The monoisotopic (exact) mass is 481 g/mol. The van der Waals surface area contributed by atoms with Gasteiger partial charge in [-0.15, -0.1) is 0 Å². The van der Waals surface area contributed by atoms with Crippen LogP contribution in [-0.2, 0) is 27.8 Å². The lowest BCUT2D eigenvalue weighted by atomic mass is 10.1. The Morgan fingerprint density at radius 2 is 1.97 bits per heavy atom. The van der Waals surface area contributed by atoms with Crippen molar-refractivity contribution in [3.8, 4) is 11.3 Å². The number of carbonyl (C=O) groups excluding carboxylic acids is 1. The first-order valence-corrected chi connectivity index (χ1v) is 11.7. The summed E-state index contributed by atoms with van der Waals surface area (Å²) in [5.74, 6) is 0.322. The largest absolute Gasteiger partial charge is 0.378 e. The zero-order chi connectivity index (χ0) is 25.0. The molecule has 9 heteroatoms. The van der Waals surface area contributed by atoms with Crippen molar-refractivity contribution in [2.75, 3.05) is 31.2 Å². The first-order valence-electron chi connectivity index (χ1n) is 11.7. The molecule has 0 saturated carbocycles. The van der Waals surface area contributed by atoms with Crippen molar-refractivity contribution < 1.29 is 18.8 Å². The van der Waals surface area contributed by atoms with Gasteiger partial charge < -0.3 is 14.2 Å². The lowest BCUT2D eigenvalue weighted by Crippen LogP contribution is -2.38. The van der Waals surface area contributed by atoms with E-state index >= 15 is 4.39 Å². The molecule has 35 heavy (non-hydrogen) atoms. The van der Waals surface area contributed by atoms with E-state index in [0.29, 0.717) is 56.2 Å². The van der Waals surface area contributed by atoms with E-state index in [9.17, 15) is 4.79 Å². The van der Waals surface area contributed by atoms with Gasteiger partial charge in [0.2, 0.25) is 6.41 Å². The quantitative estimate of drug-likeness (QED) is 0.359. The van der Waals surface area contributed by atoms with Crippen molar-refractivity contribution in [3.05, 3.63) is 66.1 Å². The van der Waals surface area contributed by atoms with Gasteiger partial charge in [0.25, 0.3) is 0 Å². The second-order valence-electron chi connectivity index (χ2n) is 9.54. The number of hydrogen-bond acceptors (Lipinski definition) is 6. The van der Waals surface area contributed by atoms with Crippen molar-refractivity contribution in [2.24, 2.45) is 7.05 Å². The van der Waals surface area contributed by atoms with Crippen LogP contribution in [0.2, 0.25) is 0 Å². The molecule has 0 aliphatic carbocycles. The molecule has 1 saturated heterocycles. The third-order valence-corrected chi connectivity index (χ3v) is 5.84. The number of amides is 1. The van der Waals surface area contributed by atoms with Crippen LogP contribution in [-0.4, -0.2) is 57.9 Å². The number of ether oxygens (including phenoxy) is 1. The summed E-state index contributed by atoms with van der Waals surface area (Å²) in [6.07, 6.45) is 4.49. The van der Waals surface area contributed by atoms with Crippen molar-refractivity contribution in [2.45, 2.75) is 38.8 Å². The topological polar surface area (TPSA) is 72.7 Å². The zero-order valence-corrected chi connectivity index (χ0v) is 20.6. The molecule has 3 aromatic rings. The third-order valence-electron chi connectivity index (χ3n) is 5.84. The minimum Gasteiger partial charge on any atom is -0.378 e. The highest BCUT2D eigenvalue weighted by Gasteiger charge is 2.30. The molecule has 8 nitrogen and oxygen atoms in total. The van der Waals surface area contributed by atoms with E-state index in [1.807, 2.05) is 61.6 Å². The van der Waals surface area contributed by atoms with E-state index in [2.05, 4.69) is 9.97 Å². The summed E-state index contributed by atoms with van der Waals surface area (Å²) >= 11 is 0. The highest BCUT2D eigenvalue weighted by atomic mass is 19.1. The smallest absolute Gasteiger partial charge is 0.234 e. The standard InChI is InChI=1S/C26H32FN5O3/c1-26(2,3)35-32(18-33)23(16-20-7-5-6-10-28-20)25-29-17-24(30(25)4)19-8-9-22(21(27)15-19)31-11-13-34-14-12-31/h5-10,15,17-18,23H,11-14,16H2,1-4H3/t23-/m0/s1. The summed E-state index contributed by atoms with van der Waals surface area (Å²) in [5.41, 5.74) is 2.22. The molecular weight excluding hydrogens is 449 g/mol. The Bertz CT molecular complexity index is 1140. The third kappa shape index (κ3) is 5.86. The van der Waals surface area contributed by atoms with Gasteiger partial charge in [0.1, 0.15) is 17.7 Å². The number of aromatic nitrogens is 3. The van der Waals surface area contributed by atoms with Crippen LogP contribution in [0.5, 0.6) is 0 Å². The maximum Gasteiger partial charge on any atom is 0.234 e. The molecule has 1 aromatic carbocycles. The molecular formula is C26H32FN5O3. The second-order valence-corrected chi connectivity index (χ2v) is 9.54. The number of hydroxylamine groups is 2. The lowest BCUT2D eigenvalue weighted by Gasteiger charge is -2.32. The minimum atomic E-state index is -0.588. The molecule has 2 aromatic heterocycles. The summed E-state index contributed by atoms with van der Waals surface area (Å²) in [6.45, 7) is 8.15. The maximum absolute atomic E-state index is 15.1. The first-order chi connectivity index (χ1) is 16.8. The number of carbonyl (C=O) groups is 1. The minimum absolute atomic E-state index is 0.289. The molecule has 0 spiro atoms. The van der Waals surface area contributed by atoms with Crippen LogP contribution in [0.1, 0.15) is 38.3 Å². The fourth-order valence-electron chi connectivity index (χ4n) is 4.22. The van der Waals surface area contributed by atoms with Gasteiger partial charge in [0.05, 0.1) is 36.4 Å². The molecule has 3 heterocycles. The number of rotatable bonds is 8. The molecule has 1 aliphatic heterocycles. The van der Waals surface area contributed by atoms with E-state index < -0.39 is 11.6 Å². The van der Waals surface area contributed by atoms with Crippen LogP contribution in [0.4, 0.5) is 10.1 Å². The van der Waals surface area contributed by atoms with Gasteiger partial charge in [0.15, 0.2) is 0 Å². The van der Waals surface area contributed by atoms with E-state index in [4.69, 9.17) is 9.57 Å². The Morgan fingerprint density at radius 3 is 2.60 bits per heavy atom. The van der Waals surface area contributed by atoms with Crippen molar-refractivity contribution in [1.82, 2.24) is 19.6 Å². The number of nitrogens with zero attached hydrogens (tertiary/aromatic N) is 5. The summed E-state index contributed by atoms with van der Waals surface area (Å²) in [4.78, 5) is 29.1.